The molecule has 1 fully saturated rings. The lowest BCUT2D eigenvalue weighted by Gasteiger charge is -2.17. The summed E-state index contributed by atoms with van der Waals surface area (Å²) in [5.74, 6) is 0.256. The molecule has 1 aromatic heterocycles. The zero-order chi connectivity index (χ0) is 9.97. The molecule has 1 saturated carbocycles. The number of ether oxygens (including phenoxy) is 1. The summed E-state index contributed by atoms with van der Waals surface area (Å²) >= 11 is 0. The molecule has 1 aliphatic carbocycles. The van der Waals surface area contributed by atoms with Crippen LogP contribution in [0, 0.1) is 5.92 Å². The minimum atomic E-state index is -0.201. The van der Waals surface area contributed by atoms with Crippen LogP contribution in [0.3, 0.4) is 0 Å². The Morgan fingerprint density at radius 3 is 2.64 bits per heavy atom. The number of hydrogen-bond acceptors (Lipinski definition) is 3. The number of hydrogen-bond donors (Lipinski definition) is 1. The highest BCUT2D eigenvalue weighted by Gasteiger charge is 2.37. The van der Waals surface area contributed by atoms with Crippen LogP contribution in [-0.4, -0.2) is 23.8 Å². The summed E-state index contributed by atoms with van der Waals surface area (Å²) in [4.78, 5) is 11.4. The summed E-state index contributed by atoms with van der Waals surface area (Å²) < 4.78 is 6.54. The number of methoxy groups -OCH3 is 1. The fourth-order valence-corrected chi connectivity index (χ4v) is 1.49. The van der Waals surface area contributed by atoms with E-state index in [1.54, 1.807) is 4.68 Å². The van der Waals surface area contributed by atoms with E-state index in [-0.39, 0.29) is 12.0 Å². The Morgan fingerprint density at radius 1 is 1.50 bits per heavy atom. The molecule has 0 spiro atoms. The average Bonchev–Trinajstić information content (AvgIpc) is 2.92. The lowest BCUT2D eigenvalue weighted by atomic mass is 10.2. The van der Waals surface area contributed by atoms with Gasteiger partial charge in [-0.1, -0.05) is 0 Å². The molecule has 1 unspecified atom stereocenters. The van der Waals surface area contributed by atoms with E-state index in [1.165, 1.54) is 7.11 Å². The highest BCUT2D eigenvalue weighted by Crippen LogP contribution is 2.33. The Kier molecular flexibility index (Phi) is 2.43. The van der Waals surface area contributed by atoms with Crippen LogP contribution in [0.2, 0.25) is 0 Å². The molecule has 14 heavy (non-hydrogen) atoms. The molecule has 1 N–H and O–H groups in total. The molecular formula is C10H14N2O2. The van der Waals surface area contributed by atoms with Crippen LogP contribution in [0.4, 0.5) is 0 Å². The molecule has 0 aromatic carbocycles. The number of carbonyl (C=O) groups is 1. The topological polar surface area (TPSA) is 43.3 Å². The third kappa shape index (κ3) is 1.89. The van der Waals surface area contributed by atoms with Crippen molar-refractivity contribution in [3.63, 3.8) is 0 Å². The van der Waals surface area contributed by atoms with Crippen LogP contribution in [0.1, 0.15) is 12.8 Å². The Bertz CT molecular complexity index is 304. The van der Waals surface area contributed by atoms with Gasteiger partial charge in [0, 0.05) is 12.4 Å². The first-order chi connectivity index (χ1) is 6.81. The largest absolute Gasteiger partial charge is 0.467 e. The molecule has 1 aromatic rings. The maximum Gasteiger partial charge on any atom is 0.330 e. The van der Waals surface area contributed by atoms with Crippen LogP contribution >= 0.6 is 0 Å². The van der Waals surface area contributed by atoms with Gasteiger partial charge in [0.05, 0.1) is 7.11 Å². The van der Waals surface area contributed by atoms with Gasteiger partial charge in [0.1, 0.15) is 6.04 Å². The summed E-state index contributed by atoms with van der Waals surface area (Å²) in [5.41, 5.74) is 3.11. The second-order valence-electron chi connectivity index (χ2n) is 3.56. The highest BCUT2D eigenvalue weighted by molar-refractivity contribution is 5.78. The summed E-state index contributed by atoms with van der Waals surface area (Å²) in [6, 6.07) is 3.62. The quantitative estimate of drug-likeness (QED) is 0.727. The molecule has 0 saturated heterocycles. The lowest BCUT2D eigenvalue weighted by Crippen LogP contribution is -2.37. The van der Waals surface area contributed by atoms with E-state index in [9.17, 15) is 4.79 Å². The van der Waals surface area contributed by atoms with Crippen molar-refractivity contribution < 1.29 is 9.53 Å². The molecular weight excluding hydrogens is 180 g/mol. The zero-order valence-electron chi connectivity index (χ0n) is 8.14. The molecule has 0 radical (unpaired) electrons. The van der Waals surface area contributed by atoms with Crippen molar-refractivity contribution in [1.82, 2.24) is 4.68 Å². The van der Waals surface area contributed by atoms with Gasteiger partial charge in [-0.15, -0.1) is 0 Å². The number of aromatic nitrogens is 1. The Morgan fingerprint density at radius 2 is 2.14 bits per heavy atom. The van der Waals surface area contributed by atoms with Crippen molar-refractivity contribution in [2.75, 3.05) is 12.5 Å². The summed E-state index contributed by atoms with van der Waals surface area (Å²) in [5, 5.41) is 0. The number of nitrogens with zero attached hydrogens (tertiary/aromatic N) is 1. The molecule has 1 atom stereocenters. The van der Waals surface area contributed by atoms with Crippen molar-refractivity contribution in [3.05, 3.63) is 24.5 Å². The van der Waals surface area contributed by atoms with Gasteiger partial charge in [0.25, 0.3) is 0 Å². The minimum absolute atomic E-state index is 0.179. The van der Waals surface area contributed by atoms with Gasteiger partial charge in [0.15, 0.2) is 0 Å². The first-order valence-electron chi connectivity index (χ1n) is 4.78. The van der Waals surface area contributed by atoms with Crippen molar-refractivity contribution in [3.8, 4) is 0 Å². The molecule has 2 rings (SSSR count). The summed E-state index contributed by atoms with van der Waals surface area (Å²) in [6.07, 6.45) is 5.96. The van der Waals surface area contributed by atoms with E-state index in [4.69, 9.17) is 4.74 Å². The van der Waals surface area contributed by atoms with Gasteiger partial charge in [-0.25, -0.2) is 4.79 Å². The van der Waals surface area contributed by atoms with E-state index >= 15 is 0 Å². The van der Waals surface area contributed by atoms with Crippen molar-refractivity contribution in [1.29, 1.82) is 0 Å². The van der Waals surface area contributed by atoms with Gasteiger partial charge in [0.2, 0.25) is 0 Å². The predicted molar refractivity (Wildman–Crippen MR) is 52.3 cm³/mol. The number of rotatable bonds is 4. The predicted octanol–water partition coefficient (Wildman–Crippen LogP) is 0.983. The molecule has 0 bridgehead atoms. The first kappa shape index (κ1) is 9.12. The summed E-state index contributed by atoms with van der Waals surface area (Å²) in [6.45, 7) is 0. The van der Waals surface area contributed by atoms with Gasteiger partial charge in [-0.3, -0.25) is 4.68 Å². The Labute approximate surface area is 82.8 Å². The monoisotopic (exact) mass is 194 g/mol. The molecule has 0 aliphatic heterocycles. The molecule has 76 valence electrons. The van der Waals surface area contributed by atoms with Crippen LogP contribution in [0.5, 0.6) is 0 Å². The van der Waals surface area contributed by atoms with Gasteiger partial charge < -0.3 is 10.2 Å². The van der Waals surface area contributed by atoms with Crippen molar-refractivity contribution in [2.45, 2.75) is 18.9 Å². The van der Waals surface area contributed by atoms with Crippen LogP contribution in [0.15, 0.2) is 24.5 Å². The third-order valence-corrected chi connectivity index (χ3v) is 2.44. The fraction of sp³-hybridized carbons (Fsp3) is 0.500. The minimum Gasteiger partial charge on any atom is -0.467 e. The third-order valence-electron chi connectivity index (χ3n) is 2.44. The maximum atomic E-state index is 11.4. The first-order valence-corrected chi connectivity index (χ1v) is 4.78. The SMILES string of the molecule is COC(=O)C(Nn1cccc1)C1CC1. The van der Waals surface area contributed by atoms with E-state index in [0.29, 0.717) is 5.92 Å². The Hall–Kier alpha value is -1.45. The van der Waals surface area contributed by atoms with Gasteiger partial charge >= 0.3 is 5.97 Å². The second-order valence-corrected chi connectivity index (χ2v) is 3.56. The van der Waals surface area contributed by atoms with Crippen LogP contribution in [-0.2, 0) is 9.53 Å². The average molecular weight is 194 g/mol. The maximum absolute atomic E-state index is 11.4. The number of esters is 1. The number of carbonyl (C=O) groups excluding carboxylic acids is 1. The normalized spacial score (nSPS) is 17.5. The number of nitrogens with one attached hydrogen (secondary N) is 1. The fourth-order valence-electron chi connectivity index (χ4n) is 1.49. The smallest absolute Gasteiger partial charge is 0.330 e. The second kappa shape index (κ2) is 3.74. The van der Waals surface area contributed by atoms with Crippen LogP contribution < -0.4 is 5.43 Å². The van der Waals surface area contributed by atoms with Crippen molar-refractivity contribution in [2.24, 2.45) is 5.92 Å². The van der Waals surface area contributed by atoms with E-state index in [2.05, 4.69) is 5.43 Å². The van der Waals surface area contributed by atoms with E-state index in [0.717, 1.165) is 12.8 Å². The Balaban J connectivity index is 2.00. The lowest BCUT2D eigenvalue weighted by molar-refractivity contribution is -0.142. The van der Waals surface area contributed by atoms with Gasteiger partial charge in [-0.2, -0.15) is 0 Å². The van der Waals surface area contributed by atoms with E-state index in [1.807, 2.05) is 24.5 Å². The molecule has 1 heterocycles. The van der Waals surface area contributed by atoms with Crippen LogP contribution in [0.25, 0.3) is 0 Å². The van der Waals surface area contributed by atoms with E-state index < -0.39 is 0 Å². The summed E-state index contributed by atoms with van der Waals surface area (Å²) in [7, 11) is 1.43. The van der Waals surface area contributed by atoms with Crippen molar-refractivity contribution >= 4 is 5.97 Å². The molecule has 0 amide bonds. The zero-order valence-corrected chi connectivity index (χ0v) is 8.14. The molecule has 4 nitrogen and oxygen atoms in total. The van der Waals surface area contributed by atoms with Gasteiger partial charge in [-0.05, 0) is 30.9 Å². The highest BCUT2D eigenvalue weighted by atomic mass is 16.5. The standard InChI is InChI=1S/C10H14N2O2/c1-14-10(13)9(8-4-5-8)11-12-6-2-3-7-12/h2-3,6-9,11H,4-5H2,1H3. The molecule has 4 heteroatoms. The molecule has 1 aliphatic rings.